The third-order valence-corrected chi connectivity index (χ3v) is 5.71. The molecule has 0 aromatic heterocycles. The second kappa shape index (κ2) is 13.9. The fourth-order valence-corrected chi connectivity index (χ4v) is 3.93. The molecule has 0 amide bonds. The van der Waals surface area contributed by atoms with Crippen LogP contribution in [0.25, 0.3) is 10.8 Å². The van der Waals surface area contributed by atoms with Gasteiger partial charge in [-0.2, -0.15) is 0 Å². The highest BCUT2D eigenvalue weighted by atomic mass is 79.9. The zero-order chi connectivity index (χ0) is 19.2. The van der Waals surface area contributed by atoms with Crippen molar-refractivity contribution in [2.45, 2.75) is 77.0 Å². The molecule has 0 fully saturated rings. The van der Waals surface area contributed by atoms with E-state index in [0.29, 0.717) is 5.75 Å². The van der Waals surface area contributed by atoms with E-state index in [-0.39, 0.29) is 0 Å². The van der Waals surface area contributed by atoms with Gasteiger partial charge in [-0.1, -0.05) is 104 Å². The second-order valence-corrected chi connectivity index (χ2v) is 8.20. The number of ether oxygens (including phenoxy) is 1. The fourth-order valence-electron chi connectivity index (χ4n) is 3.54. The van der Waals surface area contributed by atoms with Gasteiger partial charge >= 0.3 is 0 Å². The van der Waals surface area contributed by atoms with Crippen molar-refractivity contribution >= 4 is 26.7 Å². The molecule has 0 saturated heterocycles. The summed E-state index contributed by atoms with van der Waals surface area (Å²) in [6, 6.07) is 11.5. The highest BCUT2D eigenvalue weighted by molar-refractivity contribution is 9.09. The highest BCUT2D eigenvalue weighted by Gasteiger charge is 2.04. The molecule has 0 heterocycles. The van der Waals surface area contributed by atoms with Crippen molar-refractivity contribution in [1.82, 2.24) is 0 Å². The maximum absolute atomic E-state index is 9.93. The third-order valence-electron chi connectivity index (χ3n) is 5.14. The van der Waals surface area contributed by atoms with Gasteiger partial charge in [0.05, 0.1) is 6.61 Å². The molecule has 3 heteroatoms. The van der Waals surface area contributed by atoms with Gasteiger partial charge in [0, 0.05) is 16.1 Å². The molecule has 2 rings (SSSR count). The summed E-state index contributed by atoms with van der Waals surface area (Å²) in [5.74, 6) is 1.19. The molecule has 0 radical (unpaired) electrons. The molecule has 1 N–H and O–H groups in total. The van der Waals surface area contributed by atoms with Crippen molar-refractivity contribution in [3.63, 3.8) is 0 Å². The van der Waals surface area contributed by atoms with Crippen LogP contribution in [-0.2, 0) is 0 Å². The molecular formula is C24H35BrO2. The van der Waals surface area contributed by atoms with E-state index < -0.39 is 0 Å². The molecule has 0 unspecified atom stereocenters. The lowest BCUT2D eigenvalue weighted by molar-refractivity contribution is 0.307. The minimum Gasteiger partial charge on any atom is -0.507 e. The molecule has 0 atom stereocenters. The van der Waals surface area contributed by atoms with E-state index in [1.807, 2.05) is 30.3 Å². The van der Waals surface area contributed by atoms with Gasteiger partial charge in [0.1, 0.15) is 11.5 Å². The summed E-state index contributed by atoms with van der Waals surface area (Å²) < 4.78 is 5.96. The number of hydrogen-bond acceptors (Lipinski definition) is 2. The molecule has 0 aliphatic carbocycles. The van der Waals surface area contributed by atoms with Gasteiger partial charge in [-0.3, -0.25) is 0 Å². The highest BCUT2D eigenvalue weighted by Crippen LogP contribution is 2.31. The summed E-state index contributed by atoms with van der Waals surface area (Å²) in [4.78, 5) is 0. The van der Waals surface area contributed by atoms with E-state index in [4.69, 9.17) is 4.74 Å². The largest absolute Gasteiger partial charge is 0.507 e. The first-order chi connectivity index (χ1) is 13.3. The number of fused-ring (bicyclic) bond motifs is 1. The fraction of sp³-hybridized carbons (Fsp3) is 0.583. The number of unbranched alkanes of at least 4 members (excludes halogenated alkanes) is 11. The molecule has 0 spiro atoms. The van der Waals surface area contributed by atoms with E-state index in [1.165, 1.54) is 70.6 Å². The molecular weight excluding hydrogens is 400 g/mol. The van der Waals surface area contributed by atoms with Crippen molar-refractivity contribution in [3.05, 3.63) is 36.4 Å². The SMILES string of the molecule is Oc1cccc2c(OCCCCCCCCCCCCCCBr)cccc12. The first-order valence-corrected chi connectivity index (χ1v) is 11.8. The predicted octanol–water partition coefficient (Wildman–Crippen LogP) is 8.00. The smallest absolute Gasteiger partial charge is 0.127 e. The molecule has 0 aliphatic heterocycles. The Labute approximate surface area is 173 Å². The molecule has 2 aromatic rings. The molecule has 2 nitrogen and oxygen atoms in total. The average molecular weight is 435 g/mol. The molecule has 150 valence electrons. The number of hydrogen-bond donors (Lipinski definition) is 1. The van der Waals surface area contributed by atoms with Gasteiger partial charge in [0.25, 0.3) is 0 Å². The van der Waals surface area contributed by atoms with Gasteiger partial charge in [-0.05, 0) is 25.0 Å². The lowest BCUT2D eigenvalue weighted by Crippen LogP contribution is -1.98. The minimum atomic E-state index is 0.317. The van der Waals surface area contributed by atoms with Crippen molar-refractivity contribution < 1.29 is 9.84 Å². The summed E-state index contributed by atoms with van der Waals surface area (Å²) in [6.07, 6.45) is 16.1. The monoisotopic (exact) mass is 434 g/mol. The van der Waals surface area contributed by atoms with E-state index in [0.717, 1.165) is 34.9 Å². The lowest BCUT2D eigenvalue weighted by Gasteiger charge is -2.10. The number of halogens is 1. The molecule has 0 saturated carbocycles. The van der Waals surface area contributed by atoms with Crippen LogP contribution in [0.3, 0.4) is 0 Å². The summed E-state index contributed by atoms with van der Waals surface area (Å²) in [6.45, 7) is 0.753. The number of aromatic hydroxyl groups is 1. The van der Waals surface area contributed by atoms with E-state index in [1.54, 1.807) is 6.07 Å². The molecule has 0 bridgehead atoms. The van der Waals surface area contributed by atoms with Crippen LogP contribution in [0.2, 0.25) is 0 Å². The first kappa shape index (κ1) is 22.1. The molecule has 2 aromatic carbocycles. The Kier molecular flexibility index (Phi) is 11.3. The van der Waals surface area contributed by atoms with E-state index in [2.05, 4.69) is 15.9 Å². The van der Waals surface area contributed by atoms with Crippen molar-refractivity contribution in [2.24, 2.45) is 0 Å². The summed E-state index contributed by atoms with van der Waals surface area (Å²) in [5, 5.41) is 12.9. The molecule has 27 heavy (non-hydrogen) atoms. The van der Waals surface area contributed by atoms with Crippen LogP contribution in [0.4, 0.5) is 0 Å². The zero-order valence-corrected chi connectivity index (χ0v) is 18.2. The Balaban J connectivity index is 1.47. The van der Waals surface area contributed by atoms with Crippen LogP contribution >= 0.6 is 15.9 Å². The predicted molar refractivity (Wildman–Crippen MR) is 120 cm³/mol. The average Bonchev–Trinajstić information content (AvgIpc) is 2.69. The topological polar surface area (TPSA) is 29.5 Å². The third kappa shape index (κ3) is 8.55. The van der Waals surface area contributed by atoms with Crippen molar-refractivity contribution in [2.75, 3.05) is 11.9 Å². The number of rotatable bonds is 15. The Morgan fingerprint density at radius 3 is 1.78 bits per heavy atom. The summed E-state index contributed by atoms with van der Waals surface area (Å²) in [7, 11) is 0. The Morgan fingerprint density at radius 2 is 1.15 bits per heavy atom. The maximum Gasteiger partial charge on any atom is 0.127 e. The van der Waals surface area contributed by atoms with E-state index >= 15 is 0 Å². The van der Waals surface area contributed by atoms with Crippen LogP contribution in [-0.4, -0.2) is 17.0 Å². The van der Waals surface area contributed by atoms with Crippen LogP contribution in [0, 0.1) is 0 Å². The zero-order valence-electron chi connectivity index (χ0n) is 16.6. The van der Waals surface area contributed by atoms with Crippen molar-refractivity contribution in [1.29, 1.82) is 0 Å². The second-order valence-electron chi connectivity index (χ2n) is 7.41. The Bertz CT molecular complexity index is 641. The molecule has 0 aliphatic rings. The lowest BCUT2D eigenvalue weighted by atomic mass is 10.1. The number of phenols is 1. The number of benzene rings is 2. The van der Waals surface area contributed by atoms with Gasteiger partial charge in [-0.25, -0.2) is 0 Å². The number of alkyl halides is 1. The van der Waals surface area contributed by atoms with Crippen LogP contribution in [0.1, 0.15) is 77.0 Å². The van der Waals surface area contributed by atoms with Crippen LogP contribution in [0.15, 0.2) is 36.4 Å². The van der Waals surface area contributed by atoms with Crippen molar-refractivity contribution in [3.8, 4) is 11.5 Å². The van der Waals surface area contributed by atoms with Crippen LogP contribution in [0.5, 0.6) is 11.5 Å². The first-order valence-electron chi connectivity index (χ1n) is 10.7. The quantitative estimate of drug-likeness (QED) is 0.227. The van der Waals surface area contributed by atoms with Gasteiger partial charge in [-0.15, -0.1) is 0 Å². The number of phenolic OH excluding ortho intramolecular Hbond substituents is 1. The summed E-state index contributed by atoms with van der Waals surface area (Å²) >= 11 is 3.49. The Morgan fingerprint density at radius 1 is 0.630 bits per heavy atom. The maximum atomic E-state index is 9.93. The van der Waals surface area contributed by atoms with Crippen LogP contribution < -0.4 is 4.74 Å². The van der Waals surface area contributed by atoms with Gasteiger partial charge in [0.2, 0.25) is 0 Å². The Hall–Kier alpha value is -1.22. The summed E-state index contributed by atoms with van der Waals surface area (Å²) in [5.41, 5.74) is 0. The van der Waals surface area contributed by atoms with Gasteiger partial charge in [0.15, 0.2) is 0 Å². The minimum absolute atomic E-state index is 0.317. The normalized spacial score (nSPS) is 11.1. The standard InChI is InChI=1S/C24H35BrO2/c25-19-11-9-7-5-3-1-2-4-6-8-10-12-20-27-24-18-14-15-21-22(24)16-13-17-23(21)26/h13-18,26H,1-12,19-20H2. The van der Waals surface area contributed by atoms with Gasteiger partial charge < -0.3 is 9.84 Å². The van der Waals surface area contributed by atoms with E-state index in [9.17, 15) is 5.11 Å².